The second-order valence-corrected chi connectivity index (χ2v) is 7.35. The first-order valence-corrected chi connectivity index (χ1v) is 9.07. The maximum absolute atomic E-state index is 6.03. The normalized spacial score (nSPS) is 28.1. The highest BCUT2D eigenvalue weighted by Gasteiger charge is 2.49. The number of fused-ring (bicyclic) bond motifs is 1. The van der Waals surface area contributed by atoms with Crippen molar-refractivity contribution >= 4 is 0 Å². The van der Waals surface area contributed by atoms with Gasteiger partial charge in [-0.3, -0.25) is 4.98 Å². The number of ether oxygens (including phenoxy) is 2. The van der Waals surface area contributed by atoms with Crippen molar-refractivity contribution in [2.75, 3.05) is 20.8 Å². The summed E-state index contributed by atoms with van der Waals surface area (Å²) in [5, 5.41) is 3.69. The summed E-state index contributed by atoms with van der Waals surface area (Å²) < 4.78 is 11.5. The molecule has 1 fully saturated rings. The van der Waals surface area contributed by atoms with Gasteiger partial charge in [0.1, 0.15) is 5.75 Å². The maximum atomic E-state index is 6.03. The highest BCUT2D eigenvalue weighted by Crippen LogP contribution is 2.54. The number of piperidine rings is 1. The average Bonchev–Trinajstić information content (AvgIpc) is 2.93. The number of hydrogen-bond acceptors (Lipinski definition) is 4. The highest BCUT2D eigenvalue weighted by atomic mass is 16.5. The van der Waals surface area contributed by atoms with E-state index in [1.807, 2.05) is 19.4 Å². The molecule has 4 nitrogen and oxygen atoms in total. The van der Waals surface area contributed by atoms with Crippen LogP contribution in [-0.2, 0) is 17.6 Å². The van der Waals surface area contributed by atoms with Gasteiger partial charge in [0, 0.05) is 36.9 Å². The summed E-state index contributed by atoms with van der Waals surface area (Å²) in [5.41, 5.74) is 4.04. The number of benzene rings is 1. The first kappa shape index (κ1) is 16.6. The molecule has 1 aliphatic heterocycles. The number of methoxy groups -OCH3 is 2. The fraction of sp³-hybridized carbons (Fsp3) is 0.476. The third-order valence-corrected chi connectivity index (χ3v) is 5.86. The molecule has 0 bridgehead atoms. The lowest BCUT2D eigenvalue weighted by molar-refractivity contribution is -0.0291. The van der Waals surface area contributed by atoms with Gasteiger partial charge in [-0.2, -0.15) is 0 Å². The topological polar surface area (TPSA) is 43.4 Å². The Morgan fingerprint density at radius 2 is 2.16 bits per heavy atom. The second-order valence-electron chi connectivity index (χ2n) is 7.35. The van der Waals surface area contributed by atoms with E-state index >= 15 is 0 Å². The highest BCUT2D eigenvalue weighted by molar-refractivity contribution is 5.43. The molecule has 1 saturated heterocycles. The van der Waals surface area contributed by atoms with Crippen LogP contribution in [0.1, 0.15) is 35.8 Å². The molecule has 1 unspecified atom stereocenters. The van der Waals surface area contributed by atoms with E-state index in [-0.39, 0.29) is 11.5 Å². The van der Waals surface area contributed by atoms with Gasteiger partial charge in [0.25, 0.3) is 0 Å². The number of aromatic nitrogens is 1. The SMILES string of the molecule is COc1ccc2c(c1)[C@H](OC)C1(CCN[C@H](Cc3ccccn3)C1)C2. The van der Waals surface area contributed by atoms with Gasteiger partial charge >= 0.3 is 0 Å². The van der Waals surface area contributed by atoms with E-state index < -0.39 is 0 Å². The summed E-state index contributed by atoms with van der Waals surface area (Å²) in [6.07, 6.45) is 6.33. The van der Waals surface area contributed by atoms with E-state index in [0.29, 0.717) is 6.04 Å². The van der Waals surface area contributed by atoms with Gasteiger partial charge in [0.05, 0.1) is 13.2 Å². The van der Waals surface area contributed by atoms with Crippen LogP contribution < -0.4 is 10.1 Å². The fourth-order valence-corrected chi connectivity index (χ4v) is 4.79. The number of rotatable bonds is 4. The van der Waals surface area contributed by atoms with Crippen molar-refractivity contribution in [3.8, 4) is 5.75 Å². The van der Waals surface area contributed by atoms with E-state index in [1.165, 1.54) is 11.1 Å². The van der Waals surface area contributed by atoms with Gasteiger partial charge in [-0.1, -0.05) is 12.1 Å². The van der Waals surface area contributed by atoms with E-state index in [2.05, 4.69) is 40.6 Å². The second kappa shape index (κ2) is 6.77. The van der Waals surface area contributed by atoms with Crippen LogP contribution in [-0.4, -0.2) is 31.8 Å². The van der Waals surface area contributed by atoms with Crippen molar-refractivity contribution in [3.63, 3.8) is 0 Å². The fourth-order valence-electron chi connectivity index (χ4n) is 4.79. The lowest BCUT2D eigenvalue weighted by atomic mass is 9.71. The Bertz CT molecular complexity index is 734. The van der Waals surface area contributed by atoms with Crippen molar-refractivity contribution in [2.24, 2.45) is 5.41 Å². The summed E-state index contributed by atoms with van der Waals surface area (Å²) in [5.74, 6) is 0.914. The third-order valence-electron chi connectivity index (χ3n) is 5.86. The molecule has 2 heterocycles. The minimum absolute atomic E-state index is 0.144. The molecule has 0 amide bonds. The van der Waals surface area contributed by atoms with Crippen LogP contribution in [0.3, 0.4) is 0 Å². The molecule has 1 N–H and O–H groups in total. The molecular weight excluding hydrogens is 312 g/mol. The third kappa shape index (κ3) is 3.05. The van der Waals surface area contributed by atoms with Crippen molar-refractivity contribution in [2.45, 2.75) is 37.8 Å². The van der Waals surface area contributed by atoms with E-state index in [0.717, 1.165) is 43.7 Å². The lowest BCUT2D eigenvalue weighted by Gasteiger charge is -2.42. The van der Waals surface area contributed by atoms with Crippen molar-refractivity contribution < 1.29 is 9.47 Å². The summed E-state index contributed by atoms with van der Waals surface area (Å²) in [6, 6.07) is 13.0. The number of pyridine rings is 1. The van der Waals surface area contributed by atoms with E-state index in [9.17, 15) is 0 Å². The summed E-state index contributed by atoms with van der Waals surface area (Å²) >= 11 is 0. The summed E-state index contributed by atoms with van der Waals surface area (Å²) in [4.78, 5) is 4.50. The molecule has 1 spiro atoms. The molecular formula is C21H26N2O2. The molecule has 2 aromatic rings. The molecule has 1 aliphatic carbocycles. The number of nitrogens with one attached hydrogen (secondary N) is 1. The van der Waals surface area contributed by atoms with Gasteiger partial charge in [-0.25, -0.2) is 0 Å². The van der Waals surface area contributed by atoms with Gasteiger partial charge in [0.15, 0.2) is 0 Å². The van der Waals surface area contributed by atoms with Gasteiger partial charge in [-0.15, -0.1) is 0 Å². The molecule has 25 heavy (non-hydrogen) atoms. The van der Waals surface area contributed by atoms with Crippen LogP contribution in [0, 0.1) is 5.41 Å². The van der Waals surface area contributed by atoms with Crippen LogP contribution in [0.15, 0.2) is 42.6 Å². The van der Waals surface area contributed by atoms with Gasteiger partial charge < -0.3 is 14.8 Å². The molecule has 4 rings (SSSR count). The zero-order chi connectivity index (χ0) is 17.3. The summed E-state index contributed by atoms with van der Waals surface area (Å²) in [6.45, 7) is 1.03. The standard InChI is InChI=1S/C21H26N2O2/c1-24-18-7-6-15-13-21(20(25-2)19(15)12-18)8-10-23-17(14-21)11-16-5-3-4-9-22-16/h3-7,9,12,17,20,23H,8,10-11,13-14H2,1-2H3/t17-,20+,21?/m1/s1. The summed E-state index contributed by atoms with van der Waals surface area (Å²) in [7, 11) is 3.57. The lowest BCUT2D eigenvalue weighted by Crippen LogP contribution is -2.47. The van der Waals surface area contributed by atoms with Crippen molar-refractivity contribution in [3.05, 3.63) is 59.4 Å². The van der Waals surface area contributed by atoms with E-state index in [1.54, 1.807) is 7.11 Å². The Morgan fingerprint density at radius 1 is 1.24 bits per heavy atom. The Hall–Kier alpha value is -1.91. The first-order valence-electron chi connectivity index (χ1n) is 9.07. The van der Waals surface area contributed by atoms with Crippen LogP contribution in [0.2, 0.25) is 0 Å². The number of nitrogens with zero attached hydrogens (tertiary/aromatic N) is 1. The molecule has 3 atom stereocenters. The molecule has 1 aromatic carbocycles. The monoisotopic (exact) mass is 338 g/mol. The Labute approximate surface area is 149 Å². The maximum Gasteiger partial charge on any atom is 0.119 e. The Morgan fingerprint density at radius 3 is 2.92 bits per heavy atom. The predicted molar refractivity (Wildman–Crippen MR) is 97.8 cm³/mol. The Balaban J connectivity index is 1.58. The molecule has 132 valence electrons. The quantitative estimate of drug-likeness (QED) is 0.929. The van der Waals surface area contributed by atoms with Crippen molar-refractivity contribution in [1.82, 2.24) is 10.3 Å². The zero-order valence-corrected chi connectivity index (χ0v) is 15.0. The Kier molecular flexibility index (Phi) is 4.48. The predicted octanol–water partition coefficient (Wildman–Crippen LogP) is 3.31. The molecule has 1 aromatic heterocycles. The van der Waals surface area contributed by atoms with Gasteiger partial charge in [0.2, 0.25) is 0 Å². The number of hydrogen-bond donors (Lipinski definition) is 1. The van der Waals surface area contributed by atoms with Crippen LogP contribution in [0.4, 0.5) is 0 Å². The minimum Gasteiger partial charge on any atom is -0.497 e. The van der Waals surface area contributed by atoms with Crippen molar-refractivity contribution in [1.29, 1.82) is 0 Å². The molecule has 0 saturated carbocycles. The average molecular weight is 338 g/mol. The van der Waals surface area contributed by atoms with Gasteiger partial charge in [-0.05, 0) is 61.2 Å². The zero-order valence-electron chi connectivity index (χ0n) is 15.0. The van der Waals surface area contributed by atoms with E-state index in [4.69, 9.17) is 9.47 Å². The van der Waals surface area contributed by atoms with Crippen LogP contribution in [0.5, 0.6) is 5.75 Å². The molecule has 2 aliphatic rings. The van der Waals surface area contributed by atoms with Crippen LogP contribution >= 0.6 is 0 Å². The first-order chi connectivity index (χ1) is 12.2. The molecule has 4 heteroatoms. The largest absolute Gasteiger partial charge is 0.497 e. The smallest absolute Gasteiger partial charge is 0.119 e. The minimum atomic E-state index is 0.144. The van der Waals surface area contributed by atoms with Crippen LogP contribution in [0.25, 0.3) is 0 Å². The molecule has 0 radical (unpaired) electrons.